The second-order valence-corrected chi connectivity index (χ2v) is 4.07. The van der Waals surface area contributed by atoms with Crippen LogP contribution in [0.3, 0.4) is 0 Å². The van der Waals surface area contributed by atoms with E-state index in [0.717, 1.165) is 16.8 Å². The third kappa shape index (κ3) is 2.49. The topological polar surface area (TPSA) is 41.5 Å². The van der Waals surface area contributed by atoms with Gasteiger partial charge >= 0.3 is 0 Å². The number of benzene rings is 1. The number of hydrogen-bond donors (Lipinski definition) is 1. The number of carbonyl (C=O) groups is 1. The molecule has 0 bridgehead atoms. The van der Waals surface area contributed by atoms with Gasteiger partial charge in [0.15, 0.2) is 0 Å². The molecule has 1 aliphatic rings. The number of nitrogens with zero attached hydrogens (tertiary/aromatic N) is 1. The predicted octanol–water partition coefficient (Wildman–Crippen LogP) is 2.62. The smallest absolute Gasteiger partial charge is 0.244 e. The third-order valence-corrected chi connectivity index (χ3v) is 2.63. The summed E-state index contributed by atoms with van der Waals surface area (Å²) in [5.41, 5.74) is 5.24. The van der Waals surface area contributed by atoms with E-state index >= 15 is 0 Å². The zero-order valence-corrected chi connectivity index (χ0v) is 9.58. The van der Waals surface area contributed by atoms with Gasteiger partial charge in [-0.2, -0.15) is 5.10 Å². The first-order valence-electron chi connectivity index (χ1n) is 4.95. The van der Waals surface area contributed by atoms with Gasteiger partial charge in [0.25, 0.3) is 0 Å². The summed E-state index contributed by atoms with van der Waals surface area (Å²) in [6.45, 7) is 1.88. The molecule has 0 aliphatic carbocycles. The van der Waals surface area contributed by atoms with E-state index in [1.165, 1.54) is 0 Å². The van der Waals surface area contributed by atoms with Crippen LogP contribution in [-0.4, -0.2) is 11.6 Å². The van der Waals surface area contributed by atoms with E-state index < -0.39 is 0 Å². The first kappa shape index (κ1) is 10.9. The molecule has 0 unspecified atom stereocenters. The largest absolute Gasteiger partial charge is 0.273 e. The number of hydrogen-bond acceptors (Lipinski definition) is 2. The summed E-state index contributed by atoms with van der Waals surface area (Å²) in [5.74, 6) is -0.0780. The van der Waals surface area contributed by atoms with Crippen LogP contribution in [0.1, 0.15) is 18.9 Å². The van der Waals surface area contributed by atoms with Gasteiger partial charge in [0.1, 0.15) is 0 Å². The highest BCUT2D eigenvalue weighted by atomic mass is 35.5. The van der Waals surface area contributed by atoms with Crippen LogP contribution in [0.15, 0.2) is 34.9 Å². The molecule has 1 aromatic carbocycles. The number of rotatable bonds is 1. The highest BCUT2D eigenvalue weighted by molar-refractivity contribution is 6.30. The minimum absolute atomic E-state index is 0.0780. The summed E-state index contributed by atoms with van der Waals surface area (Å²) < 4.78 is 0. The Hall–Kier alpha value is -1.61. The molecule has 0 saturated carbocycles. The Morgan fingerprint density at radius 1 is 1.38 bits per heavy atom. The Bertz CT molecular complexity index is 474. The van der Waals surface area contributed by atoms with Gasteiger partial charge in [0.2, 0.25) is 5.91 Å². The van der Waals surface area contributed by atoms with Crippen molar-refractivity contribution in [2.45, 2.75) is 13.3 Å². The maximum Gasteiger partial charge on any atom is 0.244 e. The lowest BCUT2D eigenvalue weighted by Crippen LogP contribution is -2.26. The van der Waals surface area contributed by atoms with E-state index in [0.29, 0.717) is 11.4 Å². The van der Waals surface area contributed by atoms with Crippen molar-refractivity contribution >= 4 is 29.3 Å². The van der Waals surface area contributed by atoms with Crippen molar-refractivity contribution in [2.24, 2.45) is 5.10 Å². The van der Waals surface area contributed by atoms with Crippen LogP contribution in [0.4, 0.5) is 0 Å². The lowest BCUT2D eigenvalue weighted by Gasteiger charge is -2.12. The summed E-state index contributed by atoms with van der Waals surface area (Å²) in [6.07, 6.45) is 2.33. The van der Waals surface area contributed by atoms with E-state index in [-0.39, 0.29) is 5.91 Å². The Morgan fingerprint density at radius 3 is 2.75 bits per heavy atom. The number of halogens is 1. The number of hydrazone groups is 1. The van der Waals surface area contributed by atoms with Crippen molar-refractivity contribution in [1.29, 1.82) is 0 Å². The van der Waals surface area contributed by atoms with Crippen molar-refractivity contribution in [1.82, 2.24) is 5.43 Å². The maximum atomic E-state index is 11.2. The number of amides is 1. The second kappa shape index (κ2) is 4.49. The minimum atomic E-state index is -0.0780. The molecule has 82 valence electrons. The average Bonchev–Trinajstić information content (AvgIpc) is 2.27. The third-order valence-electron chi connectivity index (χ3n) is 2.37. The van der Waals surface area contributed by atoms with E-state index in [1.54, 1.807) is 0 Å². The van der Waals surface area contributed by atoms with Crippen molar-refractivity contribution in [3.05, 3.63) is 40.4 Å². The molecule has 0 atom stereocenters. The van der Waals surface area contributed by atoms with Crippen LogP contribution in [-0.2, 0) is 4.79 Å². The van der Waals surface area contributed by atoms with Gasteiger partial charge in [-0.15, -0.1) is 0 Å². The van der Waals surface area contributed by atoms with Crippen molar-refractivity contribution in [2.75, 3.05) is 0 Å². The fourth-order valence-electron chi connectivity index (χ4n) is 1.47. The van der Waals surface area contributed by atoms with Gasteiger partial charge < -0.3 is 0 Å². The Morgan fingerprint density at radius 2 is 2.06 bits per heavy atom. The molecule has 4 heteroatoms. The number of carbonyl (C=O) groups excluding carboxylic acids is 1. The summed E-state index contributed by atoms with van der Waals surface area (Å²) >= 11 is 5.80. The monoisotopic (exact) mass is 234 g/mol. The molecular weight excluding hydrogens is 224 g/mol. The van der Waals surface area contributed by atoms with E-state index in [1.807, 2.05) is 37.3 Å². The standard InChI is InChI=1S/C12H11ClN2O/c1-8-10(7-12(16)15-14-8)6-9-2-4-11(13)5-3-9/h2-6H,7H2,1H3,(H,15,16)/b10-6+. The van der Waals surface area contributed by atoms with Crippen LogP contribution in [0.2, 0.25) is 5.02 Å². The Balaban J connectivity index is 2.29. The molecule has 1 amide bonds. The van der Waals surface area contributed by atoms with Crippen LogP contribution in [0.25, 0.3) is 6.08 Å². The highest BCUT2D eigenvalue weighted by Gasteiger charge is 2.13. The first-order chi connectivity index (χ1) is 7.65. The van der Waals surface area contributed by atoms with Gasteiger partial charge in [-0.3, -0.25) is 4.79 Å². The molecule has 0 saturated heterocycles. The van der Waals surface area contributed by atoms with Crippen molar-refractivity contribution in [3.8, 4) is 0 Å². The molecule has 1 N–H and O–H groups in total. The minimum Gasteiger partial charge on any atom is -0.273 e. The maximum absolute atomic E-state index is 11.2. The zero-order valence-electron chi connectivity index (χ0n) is 8.83. The van der Waals surface area contributed by atoms with E-state index in [9.17, 15) is 4.79 Å². The van der Waals surface area contributed by atoms with E-state index in [2.05, 4.69) is 10.5 Å². The van der Waals surface area contributed by atoms with Gasteiger partial charge in [0.05, 0.1) is 12.1 Å². The Labute approximate surface area is 98.8 Å². The quantitative estimate of drug-likeness (QED) is 0.798. The molecule has 2 rings (SSSR count). The van der Waals surface area contributed by atoms with Crippen molar-refractivity contribution in [3.63, 3.8) is 0 Å². The Kier molecular flexibility index (Phi) is 3.06. The normalized spacial score (nSPS) is 18.2. The van der Waals surface area contributed by atoms with Crippen LogP contribution in [0.5, 0.6) is 0 Å². The zero-order chi connectivity index (χ0) is 11.5. The summed E-state index contributed by atoms with van der Waals surface area (Å²) in [7, 11) is 0. The molecule has 1 aliphatic heterocycles. The average molecular weight is 235 g/mol. The van der Waals surface area contributed by atoms with Gasteiger partial charge in [0, 0.05) is 5.02 Å². The second-order valence-electron chi connectivity index (χ2n) is 3.63. The lowest BCUT2D eigenvalue weighted by atomic mass is 10.0. The molecule has 0 aromatic heterocycles. The highest BCUT2D eigenvalue weighted by Crippen LogP contribution is 2.16. The number of nitrogens with one attached hydrogen (secondary N) is 1. The fraction of sp³-hybridized carbons (Fsp3) is 0.167. The first-order valence-corrected chi connectivity index (χ1v) is 5.32. The lowest BCUT2D eigenvalue weighted by molar-refractivity contribution is -0.120. The summed E-state index contributed by atoms with van der Waals surface area (Å²) in [5, 5.41) is 4.63. The predicted molar refractivity (Wildman–Crippen MR) is 65.3 cm³/mol. The summed E-state index contributed by atoms with van der Waals surface area (Å²) in [6, 6.07) is 7.47. The molecule has 1 aromatic rings. The van der Waals surface area contributed by atoms with Gasteiger partial charge in [-0.05, 0) is 36.3 Å². The molecular formula is C12H11ClN2O. The molecule has 1 heterocycles. The van der Waals surface area contributed by atoms with Crippen LogP contribution < -0.4 is 5.43 Å². The molecule has 16 heavy (non-hydrogen) atoms. The van der Waals surface area contributed by atoms with Gasteiger partial charge in [-0.25, -0.2) is 5.43 Å². The summed E-state index contributed by atoms with van der Waals surface area (Å²) in [4.78, 5) is 11.2. The molecule has 0 spiro atoms. The fourth-order valence-corrected chi connectivity index (χ4v) is 1.60. The SMILES string of the molecule is CC1=NNC(=O)C/C1=C\c1ccc(Cl)cc1. The van der Waals surface area contributed by atoms with Crippen LogP contribution >= 0.6 is 11.6 Å². The molecule has 0 radical (unpaired) electrons. The van der Waals surface area contributed by atoms with Crippen molar-refractivity contribution < 1.29 is 4.79 Å². The van der Waals surface area contributed by atoms with Crippen LogP contribution in [0, 0.1) is 0 Å². The van der Waals surface area contributed by atoms with Gasteiger partial charge in [-0.1, -0.05) is 23.7 Å². The van der Waals surface area contributed by atoms with E-state index in [4.69, 9.17) is 11.6 Å². The molecule has 3 nitrogen and oxygen atoms in total. The molecule has 0 fully saturated rings.